The van der Waals surface area contributed by atoms with E-state index in [1.54, 1.807) is 14.0 Å². The van der Waals surface area contributed by atoms with E-state index in [2.05, 4.69) is 10.1 Å². The number of aryl methyl sites for hydroxylation is 2. The molecule has 0 aliphatic carbocycles. The van der Waals surface area contributed by atoms with Gasteiger partial charge in [-0.05, 0) is 77.3 Å². The molecular formula is C26H30N6O3. The minimum atomic E-state index is -0.521. The van der Waals surface area contributed by atoms with Crippen LogP contribution in [0.1, 0.15) is 50.9 Å². The van der Waals surface area contributed by atoms with Crippen molar-refractivity contribution in [2.45, 2.75) is 59.1 Å². The number of hydrogen-bond acceptors (Lipinski definition) is 6. The molecule has 9 nitrogen and oxygen atoms in total. The van der Waals surface area contributed by atoms with Gasteiger partial charge in [-0.3, -0.25) is 4.79 Å². The Kier molecular flexibility index (Phi) is 5.57. The molecule has 1 fully saturated rings. The zero-order chi connectivity index (χ0) is 24.9. The Labute approximate surface area is 203 Å². The molecule has 4 aromatic heterocycles. The standard InChI is InChI=1S/C26H30N6O3/c1-16-14-22(29-32-15-17(2)27-23(16)32)21-7-6-19-20(28-21)10-13-31(24(19)33)18-8-11-30(12-9-18)25(34)35-26(3,4)5/h6-7,10,13-15,18H,8-9,11-12H2,1-5H3. The highest BCUT2D eigenvalue weighted by molar-refractivity contribution is 5.80. The third-order valence-corrected chi connectivity index (χ3v) is 6.28. The number of carbonyl (C=O) groups is 1. The number of nitrogens with zero attached hydrogens (tertiary/aromatic N) is 6. The van der Waals surface area contributed by atoms with Gasteiger partial charge in [-0.1, -0.05) is 0 Å². The van der Waals surface area contributed by atoms with Gasteiger partial charge in [-0.15, -0.1) is 0 Å². The average molecular weight is 475 g/mol. The summed E-state index contributed by atoms with van der Waals surface area (Å²) in [6, 6.07) is 7.55. The van der Waals surface area contributed by atoms with Crippen LogP contribution in [-0.2, 0) is 4.74 Å². The molecule has 5 heterocycles. The maximum absolute atomic E-state index is 13.3. The minimum absolute atomic E-state index is 0.0291. The molecule has 1 aliphatic heterocycles. The SMILES string of the molecule is Cc1cn2nc(-c3ccc4c(=O)n(C5CCN(C(=O)OC(C)(C)C)CC5)ccc4n3)cc(C)c2n1. The first-order valence-electron chi connectivity index (χ1n) is 11.9. The predicted molar refractivity (Wildman–Crippen MR) is 134 cm³/mol. The second kappa shape index (κ2) is 8.48. The van der Waals surface area contributed by atoms with Crippen molar-refractivity contribution in [3.05, 3.63) is 58.3 Å². The first-order chi connectivity index (χ1) is 16.6. The van der Waals surface area contributed by atoms with E-state index < -0.39 is 5.60 Å². The second-order valence-corrected chi connectivity index (χ2v) is 10.2. The van der Waals surface area contributed by atoms with Gasteiger partial charge in [0, 0.05) is 25.3 Å². The summed E-state index contributed by atoms with van der Waals surface area (Å²) in [6.07, 6.45) is 4.80. The fraction of sp³-hybridized carbons (Fsp3) is 0.423. The third-order valence-electron chi connectivity index (χ3n) is 6.28. The quantitative estimate of drug-likeness (QED) is 0.430. The molecule has 9 heteroatoms. The zero-order valence-corrected chi connectivity index (χ0v) is 20.8. The number of amides is 1. The average Bonchev–Trinajstić information content (AvgIpc) is 3.19. The maximum atomic E-state index is 13.3. The van der Waals surface area contributed by atoms with Crippen molar-refractivity contribution < 1.29 is 9.53 Å². The van der Waals surface area contributed by atoms with E-state index in [4.69, 9.17) is 9.72 Å². The molecular weight excluding hydrogens is 444 g/mol. The lowest BCUT2D eigenvalue weighted by Crippen LogP contribution is -2.43. The number of likely N-dealkylation sites (tertiary alicyclic amines) is 1. The van der Waals surface area contributed by atoms with E-state index >= 15 is 0 Å². The van der Waals surface area contributed by atoms with Crippen LogP contribution in [0.3, 0.4) is 0 Å². The Hall–Kier alpha value is -3.75. The highest BCUT2D eigenvalue weighted by Crippen LogP contribution is 2.25. The first kappa shape index (κ1) is 23.0. The van der Waals surface area contributed by atoms with Crippen LogP contribution >= 0.6 is 0 Å². The molecule has 5 rings (SSSR count). The van der Waals surface area contributed by atoms with Gasteiger partial charge < -0.3 is 14.2 Å². The van der Waals surface area contributed by atoms with Gasteiger partial charge in [-0.2, -0.15) is 5.10 Å². The Morgan fingerprint density at radius 2 is 1.80 bits per heavy atom. The molecule has 1 aliphatic rings. The zero-order valence-electron chi connectivity index (χ0n) is 20.8. The first-order valence-corrected chi connectivity index (χ1v) is 11.9. The van der Waals surface area contributed by atoms with Gasteiger partial charge in [0.25, 0.3) is 5.56 Å². The van der Waals surface area contributed by atoms with Gasteiger partial charge in [0.1, 0.15) is 11.3 Å². The molecule has 0 bridgehead atoms. The lowest BCUT2D eigenvalue weighted by atomic mass is 10.0. The minimum Gasteiger partial charge on any atom is -0.444 e. The van der Waals surface area contributed by atoms with Crippen LogP contribution in [0.25, 0.3) is 27.9 Å². The summed E-state index contributed by atoms with van der Waals surface area (Å²) in [5.41, 5.74) is 4.22. The van der Waals surface area contributed by atoms with Gasteiger partial charge in [-0.25, -0.2) is 19.3 Å². The van der Waals surface area contributed by atoms with E-state index in [0.717, 1.165) is 22.6 Å². The van der Waals surface area contributed by atoms with Gasteiger partial charge >= 0.3 is 6.09 Å². The molecule has 4 aromatic rings. The Bertz CT molecular complexity index is 1490. The summed E-state index contributed by atoms with van der Waals surface area (Å²) in [7, 11) is 0. The fourth-order valence-corrected chi connectivity index (χ4v) is 4.59. The van der Waals surface area contributed by atoms with E-state index in [-0.39, 0.29) is 17.7 Å². The van der Waals surface area contributed by atoms with Gasteiger partial charge in [0.2, 0.25) is 0 Å². The summed E-state index contributed by atoms with van der Waals surface area (Å²) >= 11 is 0. The molecule has 0 N–H and O–H groups in total. The molecule has 35 heavy (non-hydrogen) atoms. The summed E-state index contributed by atoms with van der Waals surface area (Å²) in [4.78, 5) is 36.6. The normalized spacial score (nSPS) is 15.2. The number of rotatable bonds is 2. The molecule has 182 valence electrons. The Balaban J connectivity index is 1.39. The maximum Gasteiger partial charge on any atom is 0.410 e. The van der Waals surface area contributed by atoms with Crippen molar-refractivity contribution >= 4 is 22.6 Å². The molecule has 1 saturated heterocycles. The summed E-state index contributed by atoms with van der Waals surface area (Å²) in [5, 5.41) is 5.23. The second-order valence-electron chi connectivity index (χ2n) is 10.2. The molecule has 0 unspecified atom stereocenters. The Morgan fingerprint density at radius 3 is 2.51 bits per heavy atom. The van der Waals surface area contributed by atoms with Crippen LogP contribution < -0.4 is 5.56 Å². The number of pyridine rings is 2. The number of fused-ring (bicyclic) bond motifs is 2. The molecule has 0 saturated carbocycles. The number of imidazole rings is 1. The molecule has 0 atom stereocenters. The van der Waals surface area contributed by atoms with Crippen molar-refractivity contribution in [3.8, 4) is 11.4 Å². The molecule has 0 radical (unpaired) electrons. The van der Waals surface area contributed by atoms with Crippen LogP contribution in [0.15, 0.2) is 41.5 Å². The van der Waals surface area contributed by atoms with E-state index in [0.29, 0.717) is 42.5 Å². The fourth-order valence-electron chi connectivity index (χ4n) is 4.59. The third kappa shape index (κ3) is 4.50. The van der Waals surface area contributed by atoms with E-state index in [1.807, 2.05) is 71.3 Å². The largest absolute Gasteiger partial charge is 0.444 e. The lowest BCUT2D eigenvalue weighted by molar-refractivity contribution is 0.0187. The highest BCUT2D eigenvalue weighted by Gasteiger charge is 2.28. The smallest absolute Gasteiger partial charge is 0.410 e. The van der Waals surface area contributed by atoms with Crippen LogP contribution in [0.2, 0.25) is 0 Å². The summed E-state index contributed by atoms with van der Waals surface area (Å²) in [5.74, 6) is 0. The topological polar surface area (TPSA) is 94.6 Å². The van der Waals surface area contributed by atoms with Crippen LogP contribution in [0.5, 0.6) is 0 Å². The van der Waals surface area contributed by atoms with Crippen LogP contribution in [0, 0.1) is 13.8 Å². The molecule has 1 amide bonds. The van der Waals surface area contributed by atoms with Crippen LogP contribution in [-0.4, -0.2) is 53.8 Å². The number of piperidine rings is 1. The van der Waals surface area contributed by atoms with Crippen molar-refractivity contribution in [1.29, 1.82) is 0 Å². The predicted octanol–water partition coefficient (Wildman–Crippen LogP) is 4.30. The molecule has 0 spiro atoms. The number of carbonyl (C=O) groups excluding carboxylic acids is 1. The van der Waals surface area contributed by atoms with Crippen molar-refractivity contribution in [2.75, 3.05) is 13.1 Å². The highest BCUT2D eigenvalue weighted by atomic mass is 16.6. The van der Waals surface area contributed by atoms with Gasteiger partial charge in [0.15, 0.2) is 5.65 Å². The van der Waals surface area contributed by atoms with Crippen molar-refractivity contribution in [1.82, 2.24) is 29.0 Å². The monoisotopic (exact) mass is 474 g/mol. The van der Waals surface area contributed by atoms with Crippen LogP contribution in [0.4, 0.5) is 4.79 Å². The lowest BCUT2D eigenvalue weighted by Gasteiger charge is -2.34. The van der Waals surface area contributed by atoms with Crippen molar-refractivity contribution in [2.24, 2.45) is 0 Å². The van der Waals surface area contributed by atoms with Gasteiger partial charge in [0.05, 0.1) is 28.5 Å². The van der Waals surface area contributed by atoms with E-state index in [9.17, 15) is 9.59 Å². The number of hydrogen-bond donors (Lipinski definition) is 0. The summed E-state index contributed by atoms with van der Waals surface area (Å²) in [6.45, 7) is 10.6. The number of ether oxygens (including phenoxy) is 1. The summed E-state index contributed by atoms with van der Waals surface area (Å²) < 4.78 is 9.03. The number of aromatic nitrogens is 5. The molecule has 0 aromatic carbocycles. The van der Waals surface area contributed by atoms with Crippen molar-refractivity contribution in [3.63, 3.8) is 0 Å². The van der Waals surface area contributed by atoms with E-state index in [1.165, 1.54) is 0 Å². The Morgan fingerprint density at radius 1 is 1.06 bits per heavy atom.